The molecule has 3 nitrogen and oxygen atoms in total. The quantitative estimate of drug-likeness (QED) is 0.419. The van der Waals surface area contributed by atoms with E-state index < -0.39 is 6.39 Å². The van der Waals surface area contributed by atoms with Crippen LogP contribution in [0.25, 0.3) is 0 Å². The molecule has 0 aromatic carbocycles. The molecule has 1 aliphatic heterocycles. The average Bonchev–Trinajstić information content (AvgIpc) is 2.14. The van der Waals surface area contributed by atoms with Gasteiger partial charge in [-0.15, -0.1) is 0 Å². The standard InChI is InChI=1S/C5H10N2O/c6-5-1-2-7(3-5)4-8/h4-5H,1-3,6H2/i4D. The zero-order valence-electron chi connectivity index (χ0n) is 5.63. The topological polar surface area (TPSA) is 46.3 Å². The van der Waals surface area contributed by atoms with Crippen molar-refractivity contribution < 1.29 is 6.17 Å². The third-order valence-electron chi connectivity index (χ3n) is 1.35. The predicted molar refractivity (Wildman–Crippen MR) is 30.2 cm³/mol. The van der Waals surface area contributed by atoms with Gasteiger partial charge in [0.15, 0.2) is 0 Å². The maximum absolute atomic E-state index is 10.3. The highest BCUT2D eigenvalue weighted by Gasteiger charge is 2.15. The Hall–Kier alpha value is -0.570. The lowest BCUT2D eigenvalue weighted by Crippen LogP contribution is -2.25. The van der Waals surface area contributed by atoms with Crippen LogP contribution < -0.4 is 5.73 Å². The molecular formula is C5H10N2O. The van der Waals surface area contributed by atoms with E-state index in [0.717, 1.165) is 6.42 Å². The molecule has 3 heteroatoms. The van der Waals surface area contributed by atoms with E-state index in [2.05, 4.69) is 0 Å². The van der Waals surface area contributed by atoms with Crippen LogP contribution >= 0.6 is 0 Å². The van der Waals surface area contributed by atoms with Gasteiger partial charge in [0.25, 0.3) is 0 Å². The van der Waals surface area contributed by atoms with Gasteiger partial charge in [-0.25, -0.2) is 0 Å². The van der Waals surface area contributed by atoms with Crippen LogP contribution in [-0.2, 0) is 4.79 Å². The van der Waals surface area contributed by atoms with E-state index in [4.69, 9.17) is 7.10 Å². The van der Waals surface area contributed by atoms with Crippen LogP contribution in [0.4, 0.5) is 0 Å². The lowest BCUT2D eigenvalue weighted by atomic mass is 10.3. The van der Waals surface area contributed by atoms with Crippen molar-refractivity contribution in [3.05, 3.63) is 0 Å². The van der Waals surface area contributed by atoms with Gasteiger partial charge in [-0.2, -0.15) is 0 Å². The number of carbonyl (C=O) groups excluding carboxylic acids is 1. The summed E-state index contributed by atoms with van der Waals surface area (Å²) in [5.74, 6) is 0. The highest BCUT2D eigenvalue weighted by Crippen LogP contribution is 2.02. The van der Waals surface area contributed by atoms with Crippen molar-refractivity contribution in [1.29, 1.82) is 0 Å². The van der Waals surface area contributed by atoms with Crippen LogP contribution in [0.1, 0.15) is 7.79 Å². The summed E-state index contributed by atoms with van der Waals surface area (Å²) < 4.78 is 6.70. The lowest BCUT2D eigenvalue weighted by Gasteiger charge is -2.04. The molecule has 1 amide bonds. The Labute approximate surface area is 49.9 Å². The molecule has 46 valence electrons. The molecule has 1 rings (SSSR count). The highest BCUT2D eigenvalue weighted by molar-refractivity contribution is 5.47. The fourth-order valence-electron chi connectivity index (χ4n) is 0.870. The van der Waals surface area contributed by atoms with E-state index in [0.29, 0.717) is 13.1 Å². The molecule has 0 aliphatic carbocycles. The number of nitrogens with zero attached hydrogens (tertiary/aromatic N) is 1. The van der Waals surface area contributed by atoms with E-state index in [1.165, 1.54) is 4.90 Å². The largest absolute Gasteiger partial charge is 0.344 e. The number of likely N-dealkylation sites (tertiary alicyclic amines) is 1. The Bertz CT molecular complexity index is 128. The maximum atomic E-state index is 10.3. The molecule has 0 aromatic heterocycles. The van der Waals surface area contributed by atoms with Crippen LogP contribution in [0.15, 0.2) is 0 Å². The van der Waals surface area contributed by atoms with Gasteiger partial charge in [-0.05, 0) is 6.42 Å². The SMILES string of the molecule is [2H]C(=O)N1CCC(N)C1. The molecular weight excluding hydrogens is 104 g/mol. The maximum Gasteiger partial charge on any atom is 0.209 e. The molecule has 1 saturated heterocycles. The molecule has 1 fully saturated rings. The van der Waals surface area contributed by atoms with Crippen LogP contribution in [0.5, 0.6) is 0 Å². The van der Waals surface area contributed by atoms with E-state index >= 15 is 0 Å². The van der Waals surface area contributed by atoms with Crippen molar-refractivity contribution in [2.75, 3.05) is 13.1 Å². The molecule has 0 spiro atoms. The molecule has 1 unspecified atom stereocenters. The second-order valence-electron chi connectivity index (χ2n) is 2.09. The summed E-state index contributed by atoms with van der Waals surface area (Å²) in [5.41, 5.74) is 5.49. The van der Waals surface area contributed by atoms with Gasteiger partial charge in [-0.1, -0.05) is 0 Å². The van der Waals surface area contributed by atoms with Gasteiger partial charge in [0, 0.05) is 19.1 Å². The molecule has 0 bridgehead atoms. The summed E-state index contributed by atoms with van der Waals surface area (Å²) in [6.45, 7) is 1.21. The Morgan fingerprint density at radius 2 is 2.75 bits per heavy atom. The molecule has 8 heavy (non-hydrogen) atoms. The summed E-state index contributed by atoms with van der Waals surface area (Å²) in [7, 11) is 0. The minimum Gasteiger partial charge on any atom is -0.344 e. The van der Waals surface area contributed by atoms with E-state index in [9.17, 15) is 4.79 Å². The first-order chi connectivity index (χ1) is 4.20. The summed E-state index contributed by atoms with van der Waals surface area (Å²) >= 11 is 0. The van der Waals surface area contributed by atoms with Crippen molar-refractivity contribution in [3.63, 3.8) is 0 Å². The van der Waals surface area contributed by atoms with Crippen molar-refractivity contribution in [2.24, 2.45) is 5.73 Å². The number of amides is 1. The normalized spacial score (nSPS) is 30.4. The molecule has 0 radical (unpaired) electrons. The molecule has 1 atom stereocenters. The Morgan fingerprint density at radius 3 is 3.00 bits per heavy atom. The van der Waals surface area contributed by atoms with Gasteiger partial charge < -0.3 is 10.6 Å². The molecule has 1 heterocycles. The lowest BCUT2D eigenvalue weighted by molar-refractivity contribution is -0.117. The molecule has 1 aliphatic rings. The van der Waals surface area contributed by atoms with Gasteiger partial charge in [0.1, 0.15) is 1.37 Å². The number of carbonyl (C=O) groups is 1. The van der Waals surface area contributed by atoms with Crippen LogP contribution in [-0.4, -0.2) is 30.4 Å². The Kier molecular flexibility index (Phi) is 1.15. The van der Waals surface area contributed by atoms with Gasteiger partial charge in [0.05, 0.1) is 0 Å². The van der Waals surface area contributed by atoms with Crippen molar-refractivity contribution in [3.8, 4) is 0 Å². The first kappa shape index (κ1) is 4.32. The van der Waals surface area contributed by atoms with Crippen molar-refractivity contribution in [1.82, 2.24) is 4.90 Å². The Morgan fingerprint density at radius 1 is 2.00 bits per heavy atom. The number of rotatable bonds is 0. The minimum atomic E-state index is -0.608. The molecule has 0 aromatic rings. The second-order valence-corrected chi connectivity index (χ2v) is 2.09. The first-order valence-electron chi connectivity index (χ1n) is 3.21. The number of nitrogens with two attached hydrogens (primary N) is 1. The summed E-state index contributed by atoms with van der Waals surface area (Å²) in [6, 6.07) is 0.0966. The summed E-state index contributed by atoms with van der Waals surface area (Å²) in [6.07, 6.45) is 0.230. The third kappa shape index (κ3) is 0.980. The van der Waals surface area contributed by atoms with E-state index in [1.54, 1.807) is 0 Å². The first-order valence-corrected chi connectivity index (χ1v) is 2.71. The fourth-order valence-corrected chi connectivity index (χ4v) is 0.870. The van der Waals surface area contributed by atoms with Crippen LogP contribution in [0.2, 0.25) is 0 Å². The zero-order valence-corrected chi connectivity index (χ0v) is 4.63. The van der Waals surface area contributed by atoms with Gasteiger partial charge >= 0.3 is 0 Å². The third-order valence-corrected chi connectivity index (χ3v) is 1.35. The van der Waals surface area contributed by atoms with Gasteiger partial charge in [-0.3, -0.25) is 4.79 Å². The second kappa shape index (κ2) is 2.13. The summed E-state index contributed by atoms with van der Waals surface area (Å²) in [5, 5.41) is 0. The number of hydrogen-bond donors (Lipinski definition) is 1. The average molecular weight is 115 g/mol. The zero-order chi connectivity index (χ0) is 6.85. The van der Waals surface area contributed by atoms with Gasteiger partial charge in [0.2, 0.25) is 6.39 Å². The van der Waals surface area contributed by atoms with Crippen molar-refractivity contribution >= 4 is 6.39 Å². The smallest absolute Gasteiger partial charge is 0.209 e. The fraction of sp³-hybridized carbons (Fsp3) is 0.800. The van der Waals surface area contributed by atoms with E-state index in [-0.39, 0.29) is 6.04 Å². The Balaban J connectivity index is 2.39. The summed E-state index contributed by atoms with van der Waals surface area (Å²) in [4.78, 5) is 11.8. The van der Waals surface area contributed by atoms with Crippen LogP contribution in [0.3, 0.4) is 0 Å². The molecule has 2 N–H and O–H groups in total. The van der Waals surface area contributed by atoms with Crippen molar-refractivity contribution in [2.45, 2.75) is 12.5 Å². The monoisotopic (exact) mass is 115 g/mol. The van der Waals surface area contributed by atoms with E-state index in [1.807, 2.05) is 0 Å². The predicted octanol–water partition coefficient (Wildman–Crippen LogP) is -0.824. The van der Waals surface area contributed by atoms with Crippen LogP contribution in [0, 0.1) is 0 Å². The highest BCUT2D eigenvalue weighted by atomic mass is 16.1. The minimum absolute atomic E-state index is 0.0966. The molecule has 0 saturated carbocycles. The number of hydrogen-bond acceptors (Lipinski definition) is 2.